The molecule has 3 atom stereocenters. The van der Waals surface area contributed by atoms with Gasteiger partial charge in [0.15, 0.2) is 0 Å². The smallest absolute Gasteiger partial charge is 0.140 e. The van der Waals surface area contributed by atoms with Crippen LogP contribution in [0.3, 0.4) is 0 Å². The van der Waals surface area contributed by atoms with Gasteiger partial charge in [0, 0.05) is 33.5 Å². The highest BCUT2D eigenvalue weighted by Crippen LogP contribution is 2.38. The van der Waals surface area contributed by atoms with E-state index in [2.05, 4.69) is 36.1 Å². The van der Waals surface area contributed by atoms with Gasteiger partial charge in [0.25, 0.3) is 0 Å². The van der Waals surface area contributed by atoms with Crippen LogP contribution < -0.4 is 5.32 Å². The molecule has 0 amide bonds. The Kier molecular flexibility index (Phi) is 6.14. The molecule has 4 rings (SSSR count). The molecule has 0 spiro atoms. The summed E-state index contributed by atoms with van der Waals surface area (Å²) in [6.07, 6.45) is 5.02. The summed E-state index contributed by atoms with van der Waals surface area (Å²) in [7, 11) is -0.809. The summed E-state index contributed by atoms with van der Waals surface area (Å²) < 4.78 is 13.6. The maximum Gasteiger partial charge on any atom is 0.140 e. The van der Waals surface area contributed by atoms with Crippen molar-refractivity contribution in [2.24, 2.45) is 5.92 Å². The number of nitrogens with zero attached hydrogens (tertiary/aromatic N) is 4. The predicted molar refractivity (Wildman–Crippen MR) is 130 cm³/mol. The number of thiazole rings is 1. The van der Waals surface area contributed by atoms with Crippen molar-refractivity contribution in [1.82, 2.24) is 19.9 Å². The van der Waals surface area contributed by atoms with Crippen molar-refractivity contribution in [2.45, 2.75) is 71.6 Å². The highest BCUT2D eigenvalue weighted by molar-refractivity contribution is 7.86. The first-order valence-corrected chi connectivity index (χ1v) is 13.0. The second kappa shape index (κ2) is 8.54. The highest BCUT2D eigenvalue weighted by atomic mass is 32.2. The Labute approximate surface area is 190 Å². The van der Waals surface area contributed by atoms with E-state index in [-0.39, 0.29) is 4.75 Å². The molecule has 3 unspecified atom stereocenters. The predicted octanol–water partition coefficient (Wildman–Crippen LogP) is 5.20. The van der Waals surface area contributed by atoms with Gasteiger partial charge in [0.05, 0.1) is 21.7 Å². The van der Waals surface area contributed by atoms with Crippen molar-refractivity contribution in [3.05, 3.63) is 29.5 Å². The fourth-order valence-electron chi connectivity index (χ4n) is 4.18. The van der Waals surface area contributed by atoms with Gasteiger partial charge < -0.3 is 5.32 Å². The first kappa shape index (κ1) is 22.3. The molecule has 1 fully saturated rings. The molecule has 1 aliphatic rings. The molecule has 0 bridgehead atoms. The average molecular weight is 458 g/mol. The minimum absolute atomic E-state index is 0.153. The van der Waals surface area contributed by atoms with Gasteiger partial charge in [0.1, 0.15) is 22.2 Å². The molecule has 0 aromatic carbocycles. The lowest BCUT2D eigenvalue weighted by molar-refractivity contribution is 0.583. The van der Waals surface area contributed by atoms with Crippen LogP contribution in [-0.4, -0.2) is 40.7 Å². The molecule has 8 heteroatoms. The Morgan fingerprint density at radius 2 is 1.90 bits per heavy atom. The highest BCUT2D eigenvalue weighted by Gasteiger charge is 2.30. The number of fused-ring (bicyclic) bond motifs is 1. The van der Waals surface area contributed by atoms with Gasteiger partial charge in [-0.05, 0) is 72.8 Å². The molecule has 1 saturated carbocycles. The second-order valence-corrected chi connectivity index (χ2v) is 12.8. The number of anilines is 1. The maximum absolute atomic E-state index is 12.6. The molecule has 3 aromatic rings. The normalized spacial score (nSPS) is 20.3. The van der Waals surface area contributed by atoms with Crippen molar-refractivity contribution >= 4 is 38.2 Å². The van der Waals surface area contributed by atoms with Gasteiger partial charge >= 0.3 is 0 Å². The minimum Gasteiger partial charge on any atom is -0.367 e. The number of aryl methyl sites for hydroxylation is 3. The SMILES string of the molecule is Cc1nc(C)c(-c2nc3c(C)nccc3s2)c(NC2CCC(CS(=O)C(C)(C)C)C2)n1. The Balaban J connectivity index is 1.59. The Morgan fingerprint density at radius 1 is 1.13 bits per heavy atom. The van der Waals surface area contributed by atoms with Crippen LogP contribution in [0.5, 0.6) is 0 Å². The van der Waals surface area contributed by atoms with E-state index in [1.165, 1.54) is 0 Å². The van der Waals surface area contributed by atoms with Crippen LogP contribution in [0, 0.1) is 26.7 Å². The summed E-state index contributed by atoms with van der Waals surface area (Å²) in [4.78, 5) is 18.6. The first-order valence-electron chi connectivity index (χ1n) is 10.8. The number of hydrogen-bond donors (Lipinski definition) is 1. The summed E-state index contributed by atoms with van der Waals surface area (Å²) in [6.45, 7) is 12.1. The number of aromatic nitrogens is 4. The van der Waals surface area contributed by atoms with Crippen molar-refractivity contribution < 1.29 is 4.21 Å². The lowest BCUT2D eigenvalue weighted by atomic mass is 10.1. The van der Waals surface area contributed by atoms with Crippen molar-refractivity contribution in [3.8, 4) is 10.6 Å². The Bertz CT molecular complexity index is 1130. The number of rotatable bonds is 5. The lowest BCUT2D eigenvalue weighted by Gasteiger charge is -2.21. The molecule has 6 nitrogen and oxygen atoms in total. The van der Waals surface area contributed by atoms with E-state index in [1.54, 1.807) is 11.3 Å². The fraction of sp³-hybridized carbons (Fsp3) is 0.565. The van der Waals surface area contributed by atoms with Crippen molar-refractivity contribution in [1.29, 1.82) is 0 Å². The van der Waals surface area contributed by atoms with E-state index in [9.17, 15) is 4.21 Å². The third-order valence-corrected chi connectivity index (χ3v) is 9.04. The molecule has 31 heavy (non-hydrogen) atoms. The zero-order chi connectivity index (χ0) is 22.3. The monoisotopic (exact) mass is 457 g/mol. The van der Waals surface area contributed by atoms with Crippen LogP contribution in [0.1, 0.15) is 57.2 Å². The molecule has 1 aliphatic carbocycles. The van der Waals surface area contributed by atoms with Crippen LogP contribution in [0.15, 0.2) is 12.3 Å². The number of nitrogens with one attached hydrogen (secondary N) is 1. The minimum atomic E-state index is -0.809. The van der Waals surface area contributed by atoms with Gasteiger partial charge in [-0.3, -0.25) is 9.19 Å². The van der Waals surface area contributed by atoms with Crippen LogP contribution in [-0.2, 0) is 10.8 Å². The second-order valence-electron chi connectivity index (χ2n) is 9.49. The number of hydrogen-bond acceptors (Lipinski definition) is 7. The van der Waals surface area contributed by atoms with Crippen LogP contribution in [0.4, 0.5) is 5.82 Å². The van der Waals surface area contributed by atoms with E-state index in [1.807, 2.05) is 33.0 Å². The quantitative estimate of drug-likeness (QED) is 0.567. The van der Waals surface area contributed by atoms with Gasteiger partial charge in [-0.1, -0.05) is 0 Å². The first-order chi connectivity index (χ1) is 14.6. The average Bonchev–Trinajstić information content (AvgIpc) is 3.28. The molecule has 0 aliphatic heterocycles. The van der Waals surface area contributed by atoms with Crippen LogP contribution in [0.2, 0.25) is 0 Å². The van der Waals surface area contributed by atoms with Crippen LogP contribution >= 0.6 is 11.3 Å². The van der Waals surface area contributed by atoms with E-state index in [0.717, 1.165) is 68.8 Å². The zero-order valence-electron chi connectivity index (χ0n) is 19.2. The van der Waals surface area contributed by atoms with Gasteiger partial charge in [-0.25, -0.2) is 15.0 Å². The van der Waals surface area contributed by atoms with E-state index in [0.29, 0.717) is 12.0 Å². The molecule has 0 saturated heterocycles. The molecule has 3 aromatic heterocycles. The lowest BCUT2D eigenvalue weighted by Crippen LogP contribution is -2.27. The Morgan fingerprint density at radius 3 is 2.61 bits per heavy atom. The largest absolute Gasteiger partial charge is 0.367 e. The third kappa shape index (κ3) is 4.80. The number of pyridine rings is 1. The summed E-state index contributed by atoms with van der Waals surface area (Å²) >= 11 is 1.66. The third-order valence-electron chi connectivity index (χ3n) is 5.86. The summed E-state index contributed by atoms with van der Waals surface area (Å²) in [5.74, 6) is 2.88. The van der Waals surface area contributed by atoms with E-state index in [4.69, 9.17) is 9.97 Å². The molecule has 166 valence electrons. The molecular weight excluding hydrogens is 426 g/mol. The molecule has 3 heterocycles. The van der Waals surface area contributed by atoms with E-state index < -0.39 is 10.8 Å². The summed E-state index contributed by atoms with van der Waals surface area (Å²) in [6, 6.07) is 2.34. The Hall–Kier alpha value is -1.93. The standard InChI is InChI=1S/C23H31N5OS2/c1-13-19(22-28-20-14(2)24-10-9-18(20)30-22)21(26-15(3)25-13)27-17-8-7-16(11-17)12-31(29)23(4,5)6/h9-10,16-17H,7-8,11-12H2,1-6H3,(H,25,26,27). The zero-order valence-corrected chi connectivity index (χ0v) is 20.8. The van der Waals surface area contributed by atoms with Crippen molar-refractivity contribution in [2.75, 3.05) is 11.1 Å². The van der Waals surface area contributed by atoms with E-state index >= 15 is 0 Å². The van der Waals surface area contributed by atoms with Crippen molar-refractivity contribution in [3.63, 3.8) is 0 Å². The maximum atomic E-state index is 12.6. The van der Waals surface area contributed by atoms with Gasteiger partial charge in [0.2, 0.25) is 0 Å². The summed E-state index contributed by atoms with van der Waals surface area (Å²) in [5.41, 5.74) is 3.79. The van der Waals surface area contributed by atoms with Crippen LogP contribution in [0.25, 0.3) is 20.8 Å². The molecule has 0 radical (unpaired) electrons. The topological polar surface area (TPSA) is 80.7 Å². The van der Waals surface area contributed by atoms with Gasteiger partial charge in [-0.15, -0.1) is 11.3 Å². The summed E-state index contributed by atoms with van der Waals surface area (Å²) in [5, 5.41) is 4.62. The van der Waals surface area contributed by atoms with Gasteiger partial charge in [-0.2, -0.15) is 0 Å². The molecular formula is C23H31N5OS2. The fourth-order valence-corrected chi connectivity index (χ4v) is 6.52. The molecule has 1 N–H and O–H groups in total.